The van der Waals surface area contributed by atoms with E-state index in [1.165, 1.54) is 7.05 Å². The van der Waals surface area contributed by atoms with Gasteiger partial charge < -0.3 is 10.7 Å². The number of hydrazine groups is 1. The largest absolute Gasteiger partial charge is 0.361 e. The molecule has 0 fully saturated rings. The molecule has 0 spiro atoms. The van der Waals surface area contributed by atoms with E-state index >= 15 is 0 Å². The predicted octanol–water partition coefficient (Wildman–Crippen LogP) is 0.500. The highest BCUT2D eigenvalue weighted by Crippen LogP contribution is 2.23. The van der Waals surface area contributed by atoms with E-state index in [0.29, 0.717) is 0 Å². The lowest BCUT2D eigenvalue weighted by Gasteiger charge is -2.15. The van der Waals surface area contributed by atoms with Crippen LogP contribution in [-0.4, -0.2) is 22.9 Å². The van der Waals surface area contributed by atoms with E-state index in [-0.39, 0.29) is 5.91 Å². The summed E-state index contributed by atoms with van der Waals surface area (Å²) in [7, 11) is 1.48. The Labute approximate surface area is 93.0 Å². The summed E-state index contributed by atoms with van der Waals surface area (Å²) in [5, 5.41) is 1.96. The molecule has 1 unspecified atom stereocenters. The molecule has 0 aliphatic carbocycles. The maximum atomic E-state index is 11.6. The molecule has 84 valence electrons. The van der Waals surface area contributed by atoms with E-state index in [0.717, 1.165) is 21.5 Å². The molecule has 1 aromatic heterocycles. The second-order valence-corrected chi connectivity index (χ2v) is 3.72. The SMILES string of the molecule is CN(N)C(=O)C(N)c1c[nH]c2ccccc12. The maximum Gasteiger partial charge on any atom is 0.257 e. The first-order chi connectivity index (χ1) is 7.61. The zero-order chi connectivity index (χ0) is 11.7. The molecule has 0 bridgehead atoms. The second kappa shape index (κ2) is 3.96. The molecule has 5 heteroatoms. The summed E-state index contributed by atoms with van der Waals surface area (Å²) in [6.45, 7) is 0. The van der Waals surface area contributed by atoms with E-state index in [1.807, 2.05) is 24.3 Å². The number of nitrogens with one attached hydrogen (secondary N) is 1. The van der Waals surface area contributed by atoms with E-state index in [9.17, 15) is 4.79 Å². The molecule has 5 nitrogen and oxygen atoms in total. The van der Waals surface area contributed by atoms with Gasteiger partial charge in [-0.25, -0.2) is 5.84 Å². The smallest absolute Gasteiger partial charge is 0.257 e. The van der Waals surface area contributed by atoms with E-state index < -0.39 is 6.04 Å². The minimum atomic E-state index is -0.730. The third-order valence-corrected chi connectivity index (χ3v) is 2.57. The molecular weight excluding hydrogens is 204 g/mol. The average Bonchev–Trinajstić information content (AvgIpc) is 2.70. The molecule has 1 atom stereocenters. The van der Waals surface area contributed by atoms with Gasteiger partial charge in [0.1, 0.15) is 6.04 Å². The Morgan fingerprint density at radius 2 is 2.12 bits per heavy atom. The number of aromatic amines is 1. The third kappa shape index (κ3) is 1.66. The fourth-order valence-electron chi connectivity index (χ4n) is 1.70. The number of fused-ring (bicyclic) bond motifs is 1. The quantitative estimate of drug-likeness (QED) is 0.389. The highest BCUT2D eigenvalue weighted by Gasteiger charge is 2.20. The van der Waals surface area contributed by atoms with Crippen LogP contribution in [0.25, 0.3) is 10.9 Å². The van der Waals surface area contributed by atoms with Crippen molar-refractivity contribution in [2.75, 3.05) is 7.05 Å². The number of hydrogen-bond donors (Lipinski definition) is 3. The number of amides is 1. The van der Waals surface area contributed by atoms with Crippen molar-refractivity contribution in [3.63, 3.8) is 0 Å². The number of nitrogens with two attached hydrogens (primary N) is 2. The molecule has 5 N–H and O–H groups in total. The van der Waals surface area contributed by atoms with Gasteiger partial charge in [0.25, 0.3) is 5.91 Å². The van der Waals surface area contributed by atoms with Crippen LogP contribution in [0.4, 0.5) is 0 Å². The van der Waals surface area contributed by atoms with Crippen LogP contribution >= 0.6 is 0 Å². The fourth-order valence-corrected chi connectivity index (χ4v) is 1.70. The maximum absolute atomic E-state index is 11.6. The highest BCUT2D eigenvalue weighted by atomic mass is 16.2. The first-order valence-corrected chi connectivity index (χ1v) is 4.95. The number of carbonyl (C=O) groups excluding carboxylic acids is 1. The van der Waals surface area contributed by atoms with Crippen molar-refractivity contribution < 1.29 is 4.79 Å². The normalized spacial score (nSPS) is 12.7. The van der Waals surface area contributed by atoms with Gasteiger partial charge in [0, 0.05) is 29.7 Å². The van der Waals surface area contributed by atoms with Crippen LogP contribution in [0.1, 0.15) is 11.6 Å². The Hall–Kier alpha value is -1.85. The van der Waals surface area contributed by atoms with Gasteiger partial charge >= 0.3 is 0 Å². The summed E-state index contributed by atoms with van der Waals surface area (Å²) in [6.07, 6.45) is 1.75. The number of para-hydroxylation sites is 1. The lowest BCUT2D eigenvalue weighted by molar-refractivity contribution is -0.131. The number of nitrogens with zero attached hydrogens (tertiary/aromatic N) is 1. The zero-order valence-electron chi connectivity index (χ0n) is 8.97. The topological polar surface area (TPSA) is 88.1 Å². The van der Waals surface area contributed by atoms with Crippen LogP contribution in [0.3, 0.4) is 0 Å². The van der Waals surface area contributed by atoms with Crippen LogP contribution in [-0.2, 0) is 4.79 Å². The molecule has 0 saturated heterocycles. The van der Waals surface area contributed by atoms with Gasteiger partial charge in [-0.2, -0.15) is 0 Å². The summed E-state index contributed by atoms with van der Waals surface area (Å²) in [5.74, 6) is 5.07. The van der Waals surface area contributed by atoms with Crippen molar-refractivity contribution in [1.82, 2.24) is 9.99 Å². The first kappa shape index (κ1) is 10.7. The van der Waals surface area contributed by atoms with Crippen LogP contribution < -0.4 is 11.6 Å². The third-order valence-electron chi connectivity index (χ3n) is 2.57. The molecule has 1 heterocycles. The van der Waals surface area contributed by atoms with Gasteiger partial charge in [0.15, 0.2) is 0 Å². The Kier molecular flexibility index (Phi) is 2.64. The summed E-state index contributed by atoms with van der Waals surface area (Å²) in [4.78, 5) is 14.7. The average molecular weight is 218 g/mol. The van der Waals surface area contributed by atoms with Gasteiger partial charge in [-0.1, -0.05) is 18.2 Å². The Morgan fingerprint density at radius 1 is 1.44 bits per heavy atom. The van der Waals surface area contributed by atoms with Crippen molar-refractivity contribution >= 4 is 16.8 Å². The number of aromatic nitrogens is 1. The number of H-pyrrole nitrogens is 1. The summed E-state index contributed by atoms with van der Waals surface area (Å²) in [6, 6.07) is 6.95. The predicted molar refractivity (Wildman–Crippen MR) is 62.2 cm³/mol. The van der Waals surface area contributed by atoms with E-state index in [2.05, 4.69) is 4.98 Å². The number of likely N-dealkylation sites (N-methyl/N-ethyl adjacent to an activating group) is 1. The molecule has 0 aliphatic rings. The standard InChI is InChI=1S/C11H14N4O/c1-15(13)11(16)10(12)8-6-14-9-5-3-2-4-7(8)9/h2-6,10,14H,12-13H2,1H3. The van der Waals surface area contributed by atoms with Crippen molar-refractivity contribution in [1.29, 1.82) is 0 Å². The van der Waals surface area contributed by atoms with Gasteiger partial charge in [-0.05, 0) is 6.07 Å². The minimum Gasteiger partial charge on any atom is -0.361 e. The molecule has 16 heavy (non-hydrogen) atoms. The number of hydrogen-bond acceptors (Lipinski definition) is 3. The lowest BCUT2D eigenvalue weighted by atomic mass is 10.1. The van der Waals surface area contributed by atoms with E-state index in [1.54, 1.807) is 6.20 Å². The Bertz CT molecular complexity index is 517. The molecule has 1 amide bonds. The number of benzene rings is 1. The number of carbonyl (C=O) groups is 1. The lowest BCUT2D eigenvalue weighted by Crippen LogP contribution is -2.40. The van der Waals surface area contributed by atoms with Crippen LogP contribution in [0.5, 0.6) is 0 Å². The van der Waals surface area contributed by atoms with Gasteiger partial charge in [-0.15, -0.1) is 0 Å². The van der Waals surface area contributed by atoms with Crippen LogP contribution in [0.2, 0.25) is 0 Å². The number of rotatable bonds is 2. The second-order valence-electron chi connectivity index (χ2n) is 3.72. The Balaban J connectivity index is 2.44. The summed E-state index contributed by atoms with van der Waals surface area (Å²) >= 11 is 0. The summed E-state index contributed by atoms with van der Waals surface area (Å²) in [5.41, 5.74) is 7.58. The Morgan fingerprint density at radius 3 is 2.81 bits per heavy atom. The summed E-state index contributed by atoms with van der Waals surface area (Å²) < 4.78 is 0. The van der Waals surface area contributed by atoms with Crippen molar-refractivity contribution in [3.8, 4) is 0 Å². The molecule has 2 aromatic rings. The molecule has 0 saturated carbocycles. The molecule has 2 rings (SSSR count). The van der Waals surface area contributed by atoms with E-state index in [4.69, 9.17) is 11.6 Å². The first-order valence-electron chi connectivity index (χ1n) is 4.95. The monoisotopic (exact) mass is 218 g/mol. The highest BCUT2D eigenvalue weighted by molar-refractivity contribution is 5.91. The van der Waals surface area contributed by atoms with Crippen molar-refractivity contribution in [2.24, 2.45) is 11.6 Å². The molecule has 1 aromatic carbocycles. The molecule has 0 aliphatic heterocycles. The minimum absolute atomic E-state index is 0.315. The molecular formula is C11H14N4O. The van der Waals surface area contributed by atoms with Gasteiger partial charge in [0.05, 0.1) is 0 Å². The zero-order valence-corrected chi connectivity index (χ0v) is 8.97. The van der Waals surface area contributed by atoms with Crippen LogP contribution in [0.15, 0.2) is 30.5 Å². The fraction of sp³-hybridized carbons (Fsp3) is 0.182. The van der Waals surface area contributed by atoms with Crippen molar-refractivity contribution in [3.05, 3.63) is 36.0 Å². The van der Waals surface area contributed by atoms with Crippen molar-refractivity contribution in [2.45, 2.75) is 6.04 Å². The van der Waals surface area contributed by atoms with Gasteiger partial charge in [0.2, 0.25) is 0 Å². The molecule has 0 radical (unpaired) electrons. The van der Waals surface area contributed by atoms with Gasteiger partial charge in [-0.3, -0.25) is 9.80 Å². The van der Waals surface area contributed by atoms with Crippen LogP contribution in [0, 0.1) is 0 Å².